The van der Waals surface area contributed by atoms with Crippen LogP contribution in [-0.4, -0.2) is 43.4 Å². The lowest BCUT2D eigenvalue weighted by Gasteiger charge is -2.29. The Morgan fingerprint density at radius 2 is 1.95 bits per heavy atom. The molecule has 0 unspecified atom stereocenters. The zero-order valence-electron chi connectivity index (χ0n) is 12.4. The fourth-order valence-electron chi connectivity index (χ4n) is 1.95. The molecule has 0 saturated carbocycles. The lowest BCUT2D eigenvalue weighted by molar-refractivity contribution is -0.890. The Morgan fingerprint density at radius 3 is 2.63 bits per heavy atom. The minimum atomic E-state index is 0.181. The molecule has 0 bridgehead atoms. The summed E-state index contributed by atoms with van der Waals surface area (Å²) in [5, 5.41) is 9.40. The number of anilines is 1. The van der Waals surface area contributed by atoms with Crippen molar-refractivity contribution >= 4 is 5.69 Å². The molecule has 108 valence electrons. The standard InChI is InChI=1S/C15H26N2O2/c1-4-5-6-9-17(2,3)10-11-19-15-12-13(18)7-8-14(15)16/h7-8,12H,4-6,9-11,16H2,1-3H3/p+1. The predicted octanol–water partition coefficient (Wildman–Crippen LogP) is 2.62. The molecular weight excluding hydrogens is 240 g/mol. The largest absolute Gasteiger partial charge is 0.508 e. The molecule has 4 nitrogen and oxygen atoms in total. The van der Waals surface area contributed by atoms with Crippen molar-refractivity contribution in [3.05, 3.63) is 18.2 Å². The fraction of sp³-hybridized carbons (Fsp3) is 0.600. The first-order chi connectivity index (χ1) is 8.94. The van der Waals surface area contributed by atoms with Gasteiger partial charge in [0.25, 0.3) is 0 Å². The van der Waals surface area contributed by atoms with Gasteiger partial charge in [0.1, 0.15) is 24.7 Å². The second kappa shape index (κ2) is 7.24. The highest BCUT2D eigenvalue weighted by atomic mass is 16.5. The van der Waals surface area contributed by atoms with Gasteiger partial charge in [-0.15, -0.1) is 0 Å². The third-order valence-electron chi connectivity index (χ3n) is 3.32. The van der Waals surface area contributed by atoms with Crippen molar-refractivity contribution in [1.82, 2.24) is 0 Å². The normalized spacial score (nSPS) is 11.5. The smallest absolute Gasteiger partial charge is 0.146 e. The van der Waals surface area contributed by atoms with Gasteiger partial charge >= 0.3 is 0 Å². The van der Waals surface area contributed by atoms with Crippen LogP contribution in [0.2, 0.25) is 0 Å². The molecule has 0 atom stereocenters. The first-order valence-corrected chi connectivity index (χ1v) is 6.98. The number of aromatic hydroxyl groups is 1. The SMILES string of the molecule is CCCCC[N+](C)(C)CCOc1cc(O)ccc1N. The topological polar surface area (TPSA) is 55.5 Å². The van der Waals surface area contributed by atoms with E-state index in [0.717, 1.165) is 17.6 Å². The molecule has 19 heavy (non-hydrogen) atoms. The number of phenolic OH excluding ortho intramolecular Hbond substituents is 1. The molecule has 0 fully saturated rings. The number of hydrogen-bond donors (Lipinski definition) is 2. The van der Waals surface area contributed by atoms with Crippen LogP contribution in [0, 0.1) is 0 Å². The first-order valence-electron chi connectivity index (χ1n) is 6.98. The molecule has 0 amide bonds. The van der Waals surface area contributed by atoms with Crippen LogP contribution in [0.4, 0.5) is 5.69 Å². The summed E-state index contributed by atoms with van der Waals surface area (Å²) in [6.45, 7) is 4.91. The molecule has 0 aliphatic rings. The van der Waals surface area contributed by atoms with Gasteiger partial charge in [-0.05, 0) is 25.0 Å². The first kappa shape index (κ1) is 15.6. The highest BCUT2D eigenvalue weighted by molar-refractivity contribution is 5.55. The highest BCUT2D eigenvalue weighted by Crippen LogP contribution is 2.25. The van der Waals surface area contributed by atoms with Crippen molar-refractivity contribution < 1.29 is 14.3 Å². The Balaban J connectivity index is 2.38. The van der Waals surface area contributed by atoms with Gasteiger partial charge in [-0.3, -0.25) is 0 Å². The van der Waals surface area contributed by atoms with Gasteiger partial charge in [-0.1, -0.05) is 13.3 Å². The van der Waals surface area contributed by atoms with Crippen LogP contribution in [0.3, 0.4) is 0 Å². The van der Waals surface area contributed by atoms with Gasteiger partial charge in [0.2, 0.25) is 0 Å². The summed E-state index contributed by atoms with van der Waals surface area (Å²) in [6, 6.07) is 4.78. The van der Waals surface area contributed by atoms with E-state index in [2.05, 4.69) is 21.0 Å². The summed E-state index contributed by atoms with van der Waals surface area (Å²) in [5.41, 5.74) is 6.36. The van der Waals surface area contributed by atoms with Crippen LogP contribution in [0.5, 0.6) is 11.5 Å². The van der Waals surface area contributed by atoms with Crippen LogP contribution in [0.15, 0.2) is 18.2 Å². The Labute approximate surface area is 116 Å². The summed E-state index contributed by atoms with van der Waals surface area (Å²) in [7, 11) is 4.43. The van der Waals surface area contributed by atoms with Crippen molar-refractivity contribution in [2.24, 2.45) is 0 Å². The molecule has 0 saturated heterocycles. The minimum absolute atomic E-state index is 0.181. The lowest BCUT2D eigenvalue weighted by Crippen LogP contribution is -2.43. The molecule has 0 radical (unpaired) electrons. The molecule has 1 aromatic carbocycles. The molecule has 0 heterocycles. The summed E-state index contributed by atoms with van der Waals surface area (Å²) in [5.74, 6) is 0.745. The number of benzene rings is 1. The molecule has 1 aromatic rings. The summed E-state index contributed by atoms with van der Waals surface area (Å²) in [4.78, 5) is 0. The average Bonchev–Trinajstić information content (AvgIpc) is 2.33. The molecule has 0 aromatic heterocycles. The molecule has 0 aliphatic heterocycles. The van der Waals surface area contributed by atoms with Gasteiger partial charge in [0.05, 0.1) is 26.3 Å². The number of nitrogens with two attached hydrogens (primary N) is 1. The van der Waals surface area contributed by atoms with E-state index in [1.54, 1.807) is 18.2 Å². The average molecular weight is 267 g/mol. The quantitative estimate of drug-likeness (QED) is 0.329. The number of unbranched alkanes of at least 4 members (excludes halogenated alkanes) is 2. The molecule has 0 aliphatic carbocycles. The number of ether oxygens (including phenoxy) is 1. The van der Waals surface area contributed by atoms with Crippen LogP contribution < -0.4 is 10.5 Å². The molecule has 1 rings (SSSR count). The Morgan fingerprint density at radius 1 is 1.21 bits per heavy atom. The number of hydrogen-bond acceptors (Lipinski definition) is 3. The van der Waals surface area contributed by atoms with Crippen molar-refractivity contribution in [1.29, 1.82) is 0 Å². The van der Waals surface area contributed by atoms with Gasteiger partial charge in [0, 0.05) is 6.07 Å². The second-order valence-corrected chi connectivity index (χ2v) is 5.66. The van der Waals surface area contributed by atoms with Gasteiger partial charge in [0.15, 0.2) is 0 Å². The van der Waals surface area contributed by atoms with Crippen LogP contribution in [0.1, 0.15) is 26.2 Å². The maximum atomic E-state index is 9.40. The third-order valence-corrected chi connectivity index (χ3v) is 3.32. The van der Waals surface area contributed by atoms with E-state index in [1.807, 2.05) is 0 Å². The Kier molecular flexibility index (Phi) is 5.96. The summed E-state index contributed by atoms with van der Waals surface area (Å²) in [6.07, 6.45) is 3.77. The minimum Gasteiger partial charge on any atom is -0.508 e. The van der Waals surface area contributed by atoms with Gasteiger partial charge in [-0.2, -0.15) is 0 Å². The number of likely N-dealkylation sites (N-methyl/N-ethyl adjacent to an activating group) is 1. The Bertz CT molecular complexity index is 392. The van der Waals surface area contributed by atoms with Crippen molar-refractivity contribution in [2.75, 3.05) is 39.5 Å². The Hall–Kier alpha value is -1.42. The van der Waals surface area contributed by atoms with Gasteiger partial charge in [-0.25, -0.2) is 0 Å². The summed E-state index contributed by atoms with van der Waals surface area (Å²) < 4.78 is 6.60. The number of phenols is 1. The fourth-order valence-corrected chi connectivity index (χ4v) is 1.95. The molecule has 3 N–H and O–H groups in total. The zero-order chi connectivity index (χ0) is 14.3. The van der Waals surface area contributed by atoms with E-state index < -0.39 is 0 Å². The molecular formula is C15H27N2O2+. The van der Waals surface area contributed by atoms with Crippen LogP contribution in [0.25, 0.3) is 0 Å². The monoisotopic (exact) mass is 267 g/mol. The van der Waals surface area contributed by atoms with E-state index in [1.165, 1.54) is 19.3 Å². The van der Waals surface area contributed by atoms with E-state index >= 15 is 0 Å². The second-order valence-electron chi connectivity index (χ2n) is 5.66. The number of nitrogens with zero attached hydrogens (tertiary/aromatic N) is 1. The maximum absolute atomic E-state index is 9.40. The van der Waals surface area contributed by atoms with Crippen LogP contribution >= 0.6 is 0 Å². The number of nitrogen functional groups attached to an aromatic ring is 1. The van der Waals surface area contributed by atoms with E-state index in [-0.39, 0.29) is 5.75 Å². The molecule has 4 heteroatoms. The zero-order valence-corrected chi connectivity index (χ0v) is 12.4. The van der Waals surface area contributed by atoms with E-state index in [0.29, 0.717) is 18.0 Å². The molecule has 0 spiro atoms. The summed E-state index contributed by atoms with van der Waals surface area (Å²) >= 11 is 0. The number of rotatable bonds is 8. The van der Waals surface area contributed by atoms with Gasteiger partial charge < -0.3 is 20.1 Å². The third kappa shape index (κ3) is 5.83. The van der Waals surface area contributed by atoms with E-state index in [4.69, 9.17) is 10.5 Å². The van der Waals surface area contributed by atoms with E-state index in [9.17, 15) is 5.11 Å². The highest BCUT2D eigenvalue weighted by Gasteiger charge is 2.14. The van der Waals surface area contributed by atoms with Crippen molar-refractivity contribution in [2.45, 2.75) is 26.2 Å². The maximum Gasteiger partial charge on any atom is 0.146 e. The number of quaternary nitrogens is 1. The van der Waals surface area contributed by atoms with Crippen LogP contribution in [-0.2, 0) is 0 Å². The predicted molar refractivity (Wildman–Crippen MR) is 79.4 cm³/mol. The van der Waals surface area contributed by atoms with Crippen molar-refractivity contribution in [3.63, 3.8) is 0 Å². The lowest BCUT2D eigenvalue weighted by atomic mass is 10.2. The van der Waals surface area contributed by atoms with Crippen molar-refractivity contribution in [3.8, 4) is 11.5 Å².